The molecule has 0 saturated carbocycles. The predicted octanol–water partition coefficient (Wildman–Crippen LogP) is 5.03. The van der Waals surface area contributed by atoms with Gasteiger partial charge in [0.2, 0.25) is 5.91 Å². The van der Waals surface area contributed by atoms with Gasteiger partial charge in [-0.05, 0) is 70.8 Å². The first-order valence-corrected chi connectivity index (χ1v) is 12.4. The van der Waals surface area contributed by atoms with Gasteiger partial charge in [-0.25, -0.2) is 4.39 Å². The summed E-state index contributed by atoms with van der Waals surface area (Å²) in [7, 11) is 0. The molecule has 0 radical (unpaired) electrons. The Balaban J connectivity index is 1.19. The van der Waals surface area contributed by atoms with Crippen molar-refractivity contribution in [3.8, 4) is 5.75 Å². The Morgan fingerprint density at radius 3 is 2.44 bits per heavy atom. The van der Waals surface area contributed by atoms with Crippen molar-refractivity contribution in [2.75, 3.05) is 13.1 Å². The summed E-state index contributed by atoms with van der Waals surface area (Å²) in [4.78, 5) is 41.2. The van der Waals surface area contributed by atoms with E-state index in [0.29, 0.717) is 25.4 Å². The van der Waals surface area contributed by atoms with Crippen molar-refractivity contribution in [2.24, 2.45) is 0 Å². The van der Waals surface area contributed by atoms with Gasteiger partial charge < -0.3 is 9.64 Å². The highest BCUT2D eigenvalue weighted by atomic mass is 32.2. The highest BCUT2D eigenvalue weighted by molar-refractivity contribution is 8.18. The van der Waals surface area contributed by atoms with Crippen molar-refractivity contribution >= 4 is 34.9 Å². The van der Waals surface area contributed by atoms with Crippen molar-refractivity contribution in [1.29, 1.82) is 0 Å². The number of amides is 3. The standard InChI is InChI=1S/C28H23FN2O4S/c29-23-9-5-20(6-10-23)18-35-24-11-7-19(8-12-24)15-25-27(33)31(28(34)36-25)17-26(32)30-14-13-21-3-1-2-4-22(21)16-30/h1-12,15H,13-14,16-18H2/b25-15-. The van der Waals surface area contributed by atoms with E-state index in [1.807, 2.05) is 18.2 Å². The molecule has 8 heteroatoms. The predicted molar refractivity (Wildman–Crippen MR) is 135 cm³/mol. The number of hydrogen-bond donors (Lipinski definition) is 0. The van der Waals surface area contributed by atoms with Crippen LogP contribution in [0.3, 0.4) is 0 Å². The Morgan fingerprint density at radius 1 is 0.972 bits per heavy atom. The molecule has 182 valence electrons. The maximum absolute atomic E-state index is 13.0. The van der Waals surface area contributed by atoms with Crippen LogP contribution in [0.1, 0.15) is 22.3 Å². The summed E-state index contributed by atoms with van der Waals surface area (Å²) in [5.74, 6) is -0.379. The van der Waals surface area contributed by atoms with Gasteiger partial charge in [-0.3, -0.25) is 19.3 Å². The molecule has 0 aliphatic carbocycles. The number of carbonyl (C=O) groups is 3. The van der Waals surface area contributed by atoms with Gasteiger partial charge in [-0.1, -0.05) is 48.5 Å². The normalized spacial score (nSPS) is 16.4. The third-order valence-corrected chi connectivity index (χ3v) is 7.05. The molecule has 6 nitrogen and oxygen atoms in total. The molecule has 0 unspecified atom stereocenters. The van der Waals surface area contributed by atoms with Gasteiger partial charge in [0.1, 0.15) is 24.7 Å². The Labute approximate surface area is 212 Å². The zero-order chi connectivity index (χ0) is 25.1. The van der Waals surface area contributed by atoms with E-state index in [4.69, 9.17) is 4.74 Å². The Kier molecular flexibility index (Phi) is 6.86. The van der Waals surface area contributed by atoms with Crippen LogP contribution in [0.15, 0.2) is 77.7 Å². The molecule has 36 heavy (non-hydrogen) atoms. The average molecular weight is 503 g/mol. The molecule has 0 atom stereocenters. The topological polar surface area (TPSA) is 66.9 Å². The van der Waals surface area contributed by atoms with Crippen LogP contribution in [0.4, 0.5) is 9.18 Å². The van der Waals surface area contributed by atoms with Crippen molar-refractivity contribution < 1.29 is 23.5 Å². The molecule has 0 bridgehead atoms. The van der Waals surface area contributed by atoms with Gasteiger partial charge in [0.25, 0.3) is 11.1 Å². The number of ether oxygens (including phenoxy) is 1. The molecule has 5 rings (SSSR count). The lowest BCUT2D eigenvalue weighted by molar-refractivity contribution is -0.136. The van der Waals surface area contributed by atoms with Gasteiger partial charge in [0.15, 0.2) is 0 Å². The van der Waals surface area contributed by atoms with Gasteiger partial charge in [-0.15, -0.1) is 0 Å². The molecular formula is C28H23FN2O4S. The lowest BCUT2D eigenvalue weighted by Crippen LogP contribution is -2.44. The van der Waals surface area contributed by atoms with E-state index < -0.39 is 11.1 Å². The van der Waals surface area contributed by atoms with E-state index >= 15 is 0 Å². The van der Waals surface area contributed by atoms with E-state index in [0.717, 1.165) is 39.8 Å². The number of fused-ring (bicyclic) bond motifs is 1. The second kappa shape index (κ2) is 10.4. The number of imide groups is 1. The van der Waals surface area contributed by atoms with Crippen LogP contribution in [0.2, 0.25) is 0 Å². The minimum Gasteiger partial charge on any atom is -0.489 e. The first-order valence-electron chi connectivity index (χ1n) is 11.5. The Bertz CT molecular complexity index is 1340. The first-order chi connectivity index (χ1) is 17.5. The SMILES string of the molecule is O=C(CN1C(=O)S/C(=C\c2ccc(OCc3ccc(F)cc3)cc2)C1=O)N1CCc2ccccc2C1. The Hall–Kier alpha value is -3.91. The summed E-state index contributed by atoms with van der Waals surface area (Å²) in [6.07, 6.45) is 2.39. The molecule has 2 aliphatic heterocycles. The summed E-state index contributed by atoms with van der Waals surface area (Å²) in [5, 5.41) is -0.448. The second-order valence-corrected chi connectivity index (χ2v) is 9.58. The summed E-state index contributed by atoms with van der Waals surface area (Å²) >= 11 is 0.833. The molecule has 3 aromatic carbocycles. The quantitative estimate of drug-likeness (QED) is 0.443. The molecular weight excluding hydrogens is 479 g/mol. The molecule has 0 N–H and O–H groups in total. The second-order valence-electron chi connectivity index (χ2n) is 8.59. The highest BCUT2D eigenvalue weighted by Crippen LogP contribution is 2.32. The lowest BCUT2D eigenvalue weighted by Gasteiger charge is -2.29. The van der Waals surface area contributed by atoms with Gasteiger partial charge in [0, 0.05) is 13.1 Å². The molecule has 1 saturated heterocycles. The first kappa shape index (κ1) is 23.8. The summed E-state index contributed by atoms with van der Waals surface area (Å²) < 4.78 is 18.7. The van der Waals surface area contributed by atoms with Gasteiger partial charge in [-0.2, -0.15) is 0 Å². The summed E-state index contributed by atoms with van der Waals surface area (Å²) in [5.41, 5.74) is 3.89. The van der Waals surface area contributed by atoms with Crippen molar-refractivity contribution in [3.05, 3.63) is 106 Å². The number of halogens is 1. The van der Waals surface area contributed by atoms with Crippen molar-refractivity contribution in [2.45, 2.75) is 19.6 Å². The smallest absolute Gasteiger partial charge is 0.294 e. The Morgan fingerprint density at radius 2 is 1.69 bits per heavy atom. The number of nitrogens with zero attached hydrogens (tertiary/aromatic N) is 2. The summed E-state index contributed by atoms with van der Waals surface area (Å²) in [6.45, 7) is 1.09. The van der Waals surface area contributed by atoms with Crippen LogP contribution in [-0.2, 0) is 29.2 Å². The van der Waals surface area contributed by atoms with Crippen LogP contribution in [-0.4, -0.2) is 39.9 Å². The fraction of sp³-hybridized carbons (Fsp3) is 0.179. The summed E-state index contributed by atoms with van der Waals surface area (Å²) in [6, 6.07) is 21.2. The fourth-order valence-electron chi connectivity index (χ4n) is 4.14. The van der Waals surface area contributed by atoms with Gasteiger partial charge in [0.05, 0.1) is 4.91 Å². The number of thioether (sulfide) groups is 1. The minimum absolute atomic E-state index is 0.240. The number of hydrogen-bond acceptors (Lipinski definition) is 5. The highest BCUT2D eigenvalue weighted by Gasteiger charge is 2.37. The maximum Gasteiger partial charge on any atom is 0.294 e. The van der Waals surface area contributed by atoms with Crippen molar-refractivity contribution in [3.63, 3.8) is 0 Å². The molecule has 1 fully saturated rings. The molecule has 3 aromatic rings. The average Bonchev–Trinajstić information content (AvgIpc) is 3.16. The number of benzene rings is 3. The van der Waals surface area contributed by atoms with E-state index in [2.05, 4.69) is 6.07 Å². The zero-order valence-electron chi connectivity index (χ0n) is 19.4. The van der Waals surface area contributed by atoms with Crippen LogP contribution in [0.5, 0.6) is 5.75 Å². The van der Waals surface area contributed by atoms with Gasteiger partial charge >= 0.3 is 0 Å². The third-order valence-electron chi connectivity index (χ3n) is 6.15. The molecule has 2 heterocycles. The maximum atomic E-state index is 13.0. The number of rotatable bonds is 6. The van der Waals surface area contributed by atoms with Crippen LogP contribution in [0.25, 0.3) is 6.08 Å². The lowest BCUT2D eigenvalue weighted by atomic mass is 10.00. The zero-order valence-corrected chi connectivity index (χ0v) is 20.2. The molecule has 0 spiro atoms. The molecule has 3 amide bonds. The van der Waals surface area contributed by atoms with E-state index in [1.165, 1.54) is 17.7 Å². The third kappa shape index (κ3) is 5.33. The number of carbonyl (C=O) groups excluding carboxylic acids is 3. The van der Waals surface area contributed by atoms with E-state index in [9.17, 15) is 18.8 Å². The fourth-order valence-corrected chi connectivity index (χ4v) is 4.98. The molecule has 0 aromatic heterocycles. The molecule has 2 aliphatic rings. The largest absolute Gasteiger partial charge is 0.489 e. The van der Waals surface area contributed by atoms with Crippen LogP contribution in [0, 0.1) is 5.82 Å². The van der Waals surface area contributed by atoms with Crippen LogP contribution < -0.4 is 4.74 Å². The van der Waals surface area contributed by atoms with E-state index in [1.54, 1.807) is 47.4 Å². The monoisotopic (exact) mass is 502 g/mol. The van der Waals surface area contributed by atoms with E-state index in [-0.39, 0.29) is 23.2 Å². The minimum atomic E-state index is -0.465. The van der Waals surface area contributed by atoms with Crippen LogP contribution >= 0.6 is 11.8 Å². The van der Waals surface area contributed by atoms with Crippen molar-refractivity contribution in [1.82, 2.24) is 9.80 Å².